The second-order valence-corrected chi connectivity index (χ2v) is 6.33. The molecule has 1 aromatic rings. The third-order valence-electron chi connectivity index (χ3n) is 3.04. The van der Waals surface area contributed by atoms with Crippen molar-refractivity contribution < 1.29 is 13.2 Å². The fourth-order valence-electron chi connectivity index (χ4n) is 1.92. The van der Waals surface area contributed by atoms with Gasteiger partial charge in [-0.15, -0.1) is 0 Å². The highest BCUT2D eigenvalue weighted by Gasteiger charge is 2.20. The molecule has 1 saturated heterocycles. The fourth-order valence-corrected chi connectivity index (χ4v) is 2.97. The van der Waals surface area contributed by atoms with E-state index in [0.29, 0.717) is 26.3 Å². The zero-order valence-electron chi connectivity index (χ0n) is 10.9. The summed E-state index contributed by atoms with van der Waals surface area (Å²) in [6.07, 6.45) is 2.47. The Balaban J connectivity index is 1.97. The van der Waals surface area contributed by atoms with Crippen molar-refractivity contribution in [2.45, 2.75) is 18.0 Å². The average Bonchev–Trinajstić information content (AvgIpc) is 2.91. The molecule has 1 fully saturated rings. The molecule has 0 radical (unpaired) electrons. The Morgan fingerprint density at radius 2 is 2.32 bits per heavy atom. The molecule has 1 atom stereocenters. The molecule has 2 rings (SSSR count). The van der Waals surface area contributed by atoms with E-state index in [4.69, 9.17) is 4.74 Å². The topological polar surface area (TPSA) is 80.3 Å². The minimum absolute atomic E-state index is 0.0614. The van der Waals surface area contributed by atoms with Crippen LogP contribution in [0.4, 0.5) is 0 Å². The monoisotopic (exact) mass is 285 g/mol. The molecule has 1 unspecified atom stereocenters. The molecule has 106 valence electrons. The molecule has 0 aromatic carbocycles. The highest BCUT2D eigenvalue weighted by Crippen LogP contribution is 2.12. The molecule has 2 N–H and O–H groups in total. The van der Waals surface area contributed by atoms with Gasteiger partial charge in [-0.25, -0.2) is 18.1 Å². The molecule has 2 heterocycles. The van der Waals surface area contributed by atoms with E-state index in [2.05, 4.69) is 15.0 Å². The second-order valence-electron chi connectivity index (χ2n) is 4.62. The van der Waals surface area contributed by atoms with Crippen LogP contribution in [0.1, 0.15) is 12.0 Å². The Bertz CT molecular complexity index is 495. The number of hydrogen-bond acceptors (Lipinski definition) is 5. The second kappa shape index (κ2) is 6.42. The van der Waals surface area contributed by atoms with Gasteiger partial charge in [0.25, 0.3) is 10.0 Å². The van der Waals surface area contributed by atoms with E-state index in [1.54, 1.807) is 12.3 Å². The third-order valence-corrected chi connectivity index (χ3v) is 4.38. The average molecular weight is 285 g/mol. The lowest BCUT2D eigenvalue weighted by molar-refractivity contribution is 0.186. The first-order chi connectivity index (χ1) is 9.12. The van der Waals surface area contributed by atoms with Crippen LogP contribution in [0.5, 0.6) is 0 Å². The summed E-state index contributed by atoms with van der Waals surface area (Å²) in [6, 6.07) is 3.29. The van der Waals surface area contributed by atoms with Gasteiger partial charge in [-0.2, -0.15) is 0 Å². The number of nitrogens with zero attached hydrogens (tertiary/aromatic N) is 1. The van der Waals surface area contributed by atoms with E-state index < -0.39 is 10.0 Å². The predicted molar refractivity (Wildman–Crippen MR) is 71.1 cm³/mol. The molecule has 0 spiro atoms. The number of hydrogen-bond donors (Lipinski definition) is 2. The highest BCUT2D eigenvalue weighted by molar-refractivity contribution is 7.89. The van der Waals surface area contributed by atoms with Gasteiger partial charge in [0.1, 0.15) is 0 Å². The first kappa shape index (κ1) is 14.4. The Kier molecular flexibility index (Phi) is 4.87. The van der Waals surface area contributed by atoms with E-state index in [9.17, 15) is 8.42 Å². The minimum atomic E-state index is -3.52. The SMILES string of the molecule is CNCc1ccc(S(=O)(=O)NCC2CCOC2)nc1. The van der Waals surface area contributed by atoms with Crippen LogP contribution < -0.4 is 10.0 Å². The number of ether oxygens (including phenoxy) is 1. The maximum Gasteiger partial charge on any atom is 0.258 e. The van der Waals surface area contributed by atoms with Crippen molar-refractivity contribution in [3.63, 3.8) is 0 Å². The summed E-state index contributed by atoms with van der Waals surface area (Å²) in [4.78, 5) is 3.99. The lowest BCUT2D eigenvalue weighted by Gasteiger charge is -2.10. The molecule has 19 heavy (non-hydrogen) atoms. The summed E-state index contributed by atoms with van der Waals surface area (Å²) >= 11 is 0. The normalized spacial score (nSPS) is 19.7. The fraction of sp³-hybridized carbons (Fsp3) is 0.583. The van der Waals surface area contributed by atoms with E-state index in [1.807, 2.05) is 7.05 Å². The molecule has 7 heteroatoms. The maximum absolute atomic E-state index is 12.0. The Labute approximate surface area is 113 Å². The molecular weight excluding hydrogens is 266 g/mol. The van der Waals surface area contributed by atoms with Crippen molar-refractivity contribution in [1.29, 1.82) is 0 Å². The zero-order valence-corrected chi connectivity index (χ0v) is 11.7. The summed E-state index contributed by atoms with van der Waals surface area (Å²) in [6.45, 7) is 2.41. The highest BCUT2D eigenvalue weighted by atomic mass is 32.2. The molecule has 1 aromatic heterocycles. The van der Waals surface area contributed by atoms with Gasteiger partial charge in [-0.05, 0) is 31.0 Å². The van der Waals surface area contributed by atoms with E-state index in [1.165, 1.54) is 6.07 Å². The summed E-state index contributed by atoms with van der Waals surface area (Å²) in [5.74, 6) is 0.262. The Morgan fingerprint density at radius 3 is 2.89 bits per heavy atom. The van der Waals surface area contributed by atoms with Gasteiger partial charge in [0.15, 0.2) is 5.03 Å². The van der Waals surface area contributed by atoms with Gasteiger partial charge in [0, 0.05) is 25.9 Å². The lowest BCUT2D eigenvalue weighted by atomic mass is 10.1. The minimum Gasteiger partial charge on any atom is -0.381 e. The molecule has 1 aliphatic rings. The smallest absolute Gasteiger partial charge is 0.258 e. The lowest BCUT2D eigenvalue weighted by Crippen LogP contribution is -2.30. The van der Waals surface area contributed by atoms with Crippen LogP contribution in [-0.4, -0.2) is 40.2 Å². The summed E-state index contributed by atoms with van der Waals surface area (Å²) in [5, 5.41) is 3.05. The number of pyridine rings is 1. The first-order valence-electron chi connectivity index (χ1n) is 6.29. The van der Waals surface area contributed by atoms with Gasteiger partial charge in [0.05, 0.1) is 6.61 Å². The zero-order chi connectivity index (χ0) is 13.7. The van der Waals surface area contributed by atoms with Crippen LogP contribution in [0.3, 0.4) is 0 Å². The Hall–Kier alpha value is -1.02. The summed E-state index contributed by atoms with van der Waals surface area (Å²) in [5.41, 5.74) is 0.950. The summed E-state index contributed by atoms with van der Waals surface area (Å²) < 4.78 is 31.9. The number of nitrogens with one attached hydrogen (secondary N) is 2. The van der Waals surface area contributed by atoms with Gasteiger partial charge in [-0.1, -0.05) is 6.07 Å². The van der Waals surface area contributed by atoms with Crippen LogP contribution in [0.2, 0.25) is 0 Å². The van der Waals surface area contributed by atoms with E-state index >= 15 is 0 Å². The van der Waals surface area contributed by atoms with Crippen LogP contribution in [-0.2, 0) is 21.3 Å². The quantitative estimate of drug-likeness (QED) is 0.776. The molecule has 0 saturated carbocycles. The molecule has 0 aliphatic carbocycles. The molecule has 0 amide bonds. The van der Waals surface area contributed by atoms with Crippen LogP contribution in [0, 0.1) is 5.92 Å². The van der Waals surface area contributed by atoms with Gasteiger partial charge in [-0.3, -0.25) is 0 Å². The third kappa shape index (κ3) is 3.97. The van der Waals surface area contributed by atoms with Crippen molar-refractivity contribution >= 4 is 10.0 Å². The molecule has 6 nitrogen and oxygen atoms in total. The van der Waals surface area contributed by atoms with Gasteiger partial charge >= 0.3 is 0 Å². The summed E-state index contributed by atoms with van der Waals surface area (Å²) in [7, 11) is -1.69. The van der Waals surface area contributed by atoms with Gasteiger partial charge < -0.3 is 10.1 Å². The van der Waals surface area contributed by atoms with Gasteiger partial charge in [0.2, 0.25) is 0 Å². The first-order valence-corrected chi connectivity index (χ1v) is 7.77. The van der Waals surface area contributed by atoms with E-state index in [0.717, 1.165) is 12.0 Å². The number of sulfonamides is 1. The molecule has 0 bridgehead atoms. The van der Waals surface area contributed by atoms with Crippen molar-refractivity contribution in [2.75, 3.05) is 26.8 Å². The predicted octanol–water partition coefficient (Wildman–Crippen LogP) is 0.116. The van der Waals surface area contributed by atoms with Crippen LogP contribution >= 0.6 is 0 Å². The van der Waals surface area contributed by atoms with Crippen molar-refractivity contribution in [3.8, 4) is 0 Å². The number of rotatable bonds is 6. The van der Waals surface area contributed by atoms with Crippen molar-refractivity contribution in [1.82, 2.24) is 15.0 Å². The number of aromatic nitrogens is 1. The largest absolute Gasteiger partial charge is 0.381 e. The van der Waals surface area contributed by atoms with Crippen molar-refractivity contribution in [3.05, 3.63) is 23.9 Å². The standard InChI is InChI=1S/C12H19N3O3S/c1-13-6-10-2-3-12(14-7-10)19(16,17)15-8-11-4-5-18-9-11/h2-3,7,11,13,15H,4-6,8-9H2,1H3. The van der Waals surface area contributed by atoms with Crippen LogP contribution in [0.25, 0.3) is 0 Å². The maximum atomic E-state index is 12.0. The van der Waals surface area contributed by atoms with E-state index in [-0.39, 0.29) is 10.9 Å². The Morgan fingerprint density at radius 1 is 1.47 bits per heavy atom. The van der Waals surface area contributed by atoms with Crippen molar-refractivity contribution in [2.24, 2.45) is 5.92 Å². The molecular formula is C12H19N3O3S. The molecule has 1 aliphatic heterocycles. The van der Waals surface area contributed by atoms with Crippen LogP contribution in [0.15, 0.2) is 23.4 Å².